The minimum atomic E-state index is -0.368. The molecule has 2 N–H and O–H groups in total. The van der Waals surface area contributed by atoms with E-state index >= 15 is 0 Å². The van der Waals surface area contributed by atoms with Crippen LogP contribution in [-0.4, -0.2) is 66.6 Å². The molecule has 0 aromatic heterocycles. The molecule has 1 aliphatic rings. The fourth-order valence-electron chi connectivity index (χ4n) is 3.27. The molecule has 2 aromatic rings. The Morgan fingerprint density at radius 2 is 1.65 bits per heavy atom. The van der Waals surface area contributed by atoms with Crippen molar-refractivity contribution >= 4 is 34.8 Å². The summed E-state index contributed by atoms with van der Waals surface area (Å²) in [6.07, 6.45) is 0.841. The van der Waals surface area contributed by atoms with E-state index in [-0.39, 0.29) is 16.9 Å². The van der Waals surface area contributed by atoms with Gasteiger partial charge in [-0.2, -0.15) is 0 Å². The van der Waals surface area contributed by atoms with Crippen molar-refractivity contribution in [3.05, 3.63) is 59.7 Å². The highest BCUT2D eigenvalue weighted by atomic mass is 32.1. The Kier molecular flexibility index (Phi) is 7.97. The molecule has 1 heterocycles. The van der Waals surface area contributed by atoms with Gasteiger partial charge in [0.25, 0.3) is 11.8 Å². The lowest BCUT2D eigenvalue weighted by atomic mass is 10.1. The van der Waals surface area contributed by atoms with E-state index in [0.29, 0.717) is 42.3 Å². The van der Waals surface area contributed by atoms with Gasteiger partial charge < -0.3 is 19.9 Å². The molecule has 3 rings (SSSR count). The van der Waals surface area contributed by atoms with E-state index in [9.17, 15) is 9.59 Å². The zero-order valence-corrected chi connectivity index (χ0v) is 18.7. The van der Waals surface area contributed by atoms with E-state index < -0.39 is 0 Å². The van der Waals surface area contributed by atoms with Crippen LogP contribution in [0, 0.1) is 0 Å². The van der Waals surface area contributed by atoms with Gasteiger partial charge in [-0.15, -0.1) is 0 Å². The van der Waals surface area contributed by atoms with Crippen molar-refractivity contribution in [3.8, 4) is 5.75 Å². The quantitative estimate of drug-likeness (QED) is 0.673. The average molecular weight is 441 g/mol. The SMILES string of the molecule is CCCOc1ccccc1C(=O)NC(=S)Nc1ccccc1C(=O)N1CCN(C)CC1. The third kappa shape index (κ3) is 6.02. The standard InChI is InChI=1S/C23H28N4O3S/c1-3-16-30-20-11-7-5-9-18(20)21(28)25-23(31)24-19-10-6-4-8-17(19)22(29)27-14-12-26(2)13-15-27/h4-11H,3,12-16H2,1-2H3,(H2,24,25,28,31). The minimum absolute atomic E-state index is 0.0522. The molecule has 0 bridgehead atoms. The van der Waals surface area contributed by atoms with E-state index in [1.54, 1.807) is 30.3 Å². The van der Waals surface area contributed by atoms with E-state index in [0.717, 1.165) is 19.5 Å². The highest BCUT2D eigenvalue weighted by Gasteiger charge is 2.23. The van der Waals surface area contributed by atoms with E-state index in [1.807, 2.05) is 37.1 Å². The maximum atomic E-state index is 13.0. The van der Waals surface area contributed by atoms with Gasteiger partial charge in [-0.25, -0.2) is 0 Å². The van der Waals surface area contributed by atoms with E-state index in [1.165, 1.54) is 0 Å². The first-order chi connectivity index (χ1) is 15.0. The van der Waals surface area contributed by atoms with Crippen molar-refractivity contribution < 1.29 is 14.3 Å². The molecule has 0 spiro atoms. The summed E-state index contributed by atoms with van der Waals surface area (Å²) < 4.78 is 5.65. The Bertz CT molecular complexity index is 942. The average Bonchev–Trinajstić information content (AvgIpc) is 2.78. The molecule has 0 radical (unpaired) electrons. The Balaban J connectivity index is 1.68. The summed E-state index contributed by atoms with van der Waals surface area (Å²) >= 11 is 5.35. The zero-order chi connectivity index (χ0) is 22.2. The third-order valence-electron chi connectivity index (χ3n) is 5.02. The number of para-hydroxylation sites is 2. The number of benzene rings is 2. The largest absolute Gasteiger partial charge is 0.493 e. The molecule has 1 aliphatic heterocycles. The molecule has 164 valence electrons. The first-order valence-corrected chi connectivity index (χ1v) is 10.8. The van der Waals surface area contributed by atoms with Crippen LogP contribution < -0.4 is 15.4 Å². The van der Waals surface area contributed by atoms with Gasteiger partial charge in [-0.1, -0.05) is 31.2 Å². The van der Waals surface area contributed by atoms with Crippen LogP contribution in [0.15, 0.2) is 48.5 Å². The van der Waals surface area contributed by atoms with E-state index in [2.05, 4.69) is 15.5 Å². The highest BCUT2D eigenvalue weighted by molar-refractivity contribution is 7.80. The van der Waals surface area contributed by atoms with Gasteiger partial charge in [0.05, 0.1) is 23.4 Å². The van der Waals surface area contributed by atoms with Crippen LogP contribution >= 0.6 is 12.2 Å². The molecule has 0 atom stereocenters. The lowest BCUT2D eigenvalue weighted by Gasteiger charge is -2.32. The maximum absolute atomic E-state index is 13.0. The smallest absolute Gasteiger partial charge is 0.261 e. The lowest BCUT2D eigenvalue weighted by molar-refractivity contribution is 0.0665. The molecule has 0 aliphatic carbocycles. The molecular weight excluding hydrogens is 412 g/mol. The fourth-order valence-corrected chi connectivity index (χ4v) is 3.48. The number of nitrogens with one attached hydrogen (secondary N) is 2. The molecule has 7 nitrogen and oxygen atoms in total. The van der Waals surface area contributed by atoms with Crippen LogP contribution in [0.5, 0.6) is 5.75 Å². The molecule has 31 heavy (non-hydrogen) atoms. The number of rotatable bonds is 6. The number of hydrogen-bond acceptors (Lipinski definition) is 5. The van der Waals surface area contributed by atoms with Crippen LogP contribution in [0.4, 0.5) is 5.69 Å². The summed E-state index contributed by atoms with van der Waals surface area (Å²) in [6, 6.07) is 14.2. The van der Waals surface area contributed by atoms with Gasteiger partial charge in [-0.05, 0) is 50.0 Å². The van der Waals surface area contributed by atoms with Crippen molar-refractivity contribution in [2.45, 2.75) is 13.3 Å². The fraction of sp³-hybridized carbons (Fsp3) is 0.348. The molecule has 0 saturated carbocycles. The number of likely N-dealkylation sites (N-methyl/N-ethyl adjacent to an activating group) is 1. The maximum Gasteiger partial charge on any atom is 0.261 e. The minimum Gasteiger partial charge on any atom is -0.493 e. The summed E-state index contributed by atoms with van der Waals surface area (Å²) in [5, 5.41) is 5.81. The molecule has 0 unspecified atom stereocenters. The van der Waals surface area contributed by atoms with Crippen LogP contribution in [0.25, 0.3) is 0 Å². The number of ether oxygens (including phenoxy) is 1. The number of nitrogens with zero attached hydrogens (tertiary/aromatic N) is 2. The molecule has 1 fully saturated rings. The third-order valence-corrected chi connectivity index (χ3v) is 5.22. The number of piperazine rings is 1. The molecule has 1 saturated heterocycles. The number of anilines is 1. The van der Waals surface area contributed by atoms with Crippen LogP contribution in [-0.2, 0) is 0 Å². The molecular formula is C23H28N4O3S. The van der Waals surface area contributed by atoms with E-state index in [4.69, 9.17) is 17.0 Å². The van der Waals surface area contributed by atoms with Gasteiger partial charge in [0.1, 0.15) is 5.75 Å². The van der Waals surface area contributed by atoms with Crippen LogP contribution in [0.2, 0.25) is 0 Å². The second-order valence-electron chi connectivity index (χ2n) is 7.39. The van der Waals surface area contributed by atoms with Crippen molar-refractivity contribution in [3.63, 3.8) is 0 Å². The first kappa shape index (κ1) is 22.7. The summed E-state index contributed by atoms with van der Waals surface area (Å²) in [4.78, 5) is 29.8. The Morgan fingerprint density at radius 3 is 2.35 bits per heavy atom. The second-order valence-corrected chi connectivity index (χ2v) is 7.80. The first-order valence-electron chi connectivity index (χ1n) is 10.4. The molecule has 2 amide bonds. The van der Waals surface area contributed by atoms with Gasteiger partial charge in [0.2, 0.25) is 0 Å². The second kappa shape index (κ2) is 10.9. The number of thiocarbonyl (C=S) groups is 1. The van der Waals surface area contributed by atoms with Crippen molar-refractivity contribution in [2.75, 3.05) is 45.2 Å². The summed E-state index contributed by atoms with van der Waals surface area (Å²) in [7, 11) is 2.05. The van der Waals surface area contributed by atoms with Gasteiger partial charge in [0, 0.05) is 26.2 Å². The number of carbonyl (C=O) groups excluding carboxylic acids is 2. The van der Waals surface area contributed by atoms with Gasteiger partial charge in [0.15, 0.2) is 5.11 Å². The predicted octanol–water partition coefficient (Wildman–Crippen LogP) is 2.99. The van der Waals surface area contributed by atoms with Crippen LogP contribution in [0.1, 0.15) is 34.1 Å². The summed E-state index contributed by atoms with van der Waals surface area (Å²) in [5.74, 6) is 0.0889. The normalized spacial score (nSPS) is 14.1. The van der Waals surface area contributed by atoms with Crippen molar-refractivity contribution in [1.29, 1.82) is 0 Å². The Hall–Kier alpha value is -2.97. The molecule has 8 heteroatoms. The summed E-state index contributed by atoms with van der Waals surface area (Å²) in [5.41, 5.74) is 1.49. The highest BCUT2D eigenvalue weighted by Crippen LogP contribution is 2.20. The zero-order valence-electron chi connectivity index (χ0n) is 17.9. The Labute approximate surface area is 188 Å². The Morgan fingerprint density at radius 1 is 1.00 bits per heavy atom. The number of amides is 2. The predicted molar refractivity (Wildman–Crippen MR) is 126 cm³/mol. The van der Waals surface area contributed by atoms with Crippen LogP contribution in [0.3, 0.4) is 0 Å². The monoisotopic (exact) mass is 440 g/mol. The topological polar surface area (TPSA) is 73.9 Å². The van der Waals surface area contributed by atoms with Crippen molar-refractivity contribution in [2.24, 2.45) is 0 Å². The lowest BCUT2D eigenvalue weighted by Crippen LogP contribution is -2.47. The molecule has 2 aromatic carbocycles. The van der Waals surface area contributed by atoms with Gasteiger partial charge in [-0.3, -0.25) is 14.9 Å². The van der Waals surface area contributed by atoms with Gasteiger partial charge >= 0.3 is 0 Å². The number of hydrogen-bond donors (Lipinski definition) is 2. The number of carbonyl (C=O) groups is 2. The van der Waals surface area contributed by atoms with Crippen molar-refractivity contribution in [1.82, 2.24) is 15.1 Å². The summed E-state index contributed by atoms with van der Waals surface area (Å²) in [6.45, 7) is 5.57.